The molecular formula is C17H20O2. The molecule has 1 aromatic carbocycles. The van der Waals surface area contributed by atoms with Gasteiger partial charge in [-0.2, -0.15) is 0 Å². The smallest absolute Gasteiger partial charge is 0.303 e. The molecule has 1 aliphatic rings. The van der Waals surface area contributed by atoms with Gasteiger partial charge in [0.1, 0.15) is 0 Å². The molecule has 1 aromatic rings. The number of carbonyl (C=O) groups is 1. The van der Waals surface area contributed by atoms with Crippen LogP contribution < -0.4 is 0 Å². The number of carboxylic acid groups (broad SMARTS) is 1. The molecule has 2 rings (SSSR count). The molecule has 19 heavy (non-hydrogen) atoms. The average Bonchev–Trinajstić information content (AvgIpc) is 2.41. The largest absolute Gasteiger partial charge is 0.481 e. The molecule has 1 aliphatic carbocycles. The highest BCUT2D eigenvalue weighted by Gasteiger charge is 2.17. The van der Waals surface area contributed by atoms with Gasteiger partial charge in [0.15, 0.2) is 0 Å². The van der Waals surface area contributed by atoms with Crippen LogP contribution in [-0.2, 0) is 11.2 Å². The number of benzene rings is 1. The minimum Gasteiger partial charge on any atom is -0.481 e. The zero-order chi connectivity index (χ0) is 13.5. The molecule has 0 aliphatic heterocycles. The number of hydrogen-bond donors (Lipinski definition) is 1. The van der Waals surface area contributed by atoms with Crippen molar-refractivity contribution in [2.24, 2.45) is 5.92 Å². The lowest BCUT2D eigenvalue weighted by atomic mass is 9.86. The summed E-state index contributed by atoms with van der Waals surface area (Å²) < 4.78 is 0. The highest BCUT2D eigenvalue weighted by molar-refractivity contribution is 5.67. The van der Waals surface area contributed by atoms with E-state index in [1.54, 1.807) is 0 Å². The highest BCUT2D eigenvalue weighted by atomic mass is 16.4. The Morgan fingerprint density at radius 3 is 2.84 bits per heavy atom. The molecule has 2 heteroatoms. The van der Waals surface area contributed by atoms with Gasteiger partial charge in [-0.3, -0.25) is 4.79 Å². The maximum Gasteiger partial charge on any atom is 0.303 e. The molecule has 1 atom stereocenters. The predicted octanol–water partition coefficient (Wildman–Crippen LogP) is 3.99. The van der Waals surface area contributed by atoms with Gasteiger partial charge in [0.2, 0.25) is 0 Å². The van der Waals surface area contributed by atoms with Gasteiger partial charge in [0.25, 0.3) is 0 Å². The first-order valence-electron chi connectivity index (χ1n) is 6.88. The van der Waals surface area contributed by atoms with Crippen molar-refractivity contribution >= 4 is 5.97 Å². The molecule has 1 unspecified atom stereocenters. The second-order valence-corrected chi connectivity index (χ2v) is 5.00. The van der Waals surface area contributed by atoms with Gasteiger partial charge in [-0.05, 0) is 42.7 Å². The Balaban J connectivity index is 1.94. The topological polar surface area (TPSA) is 37.3 Å². The molecule has 0 amide bonds. The number of allylic oxidation sites excluding steroid dienone is 4. The van der Waals surface area contributed by atoms with Crippen molar-refractivity contribution in [1.29, 1.82) is 0 Å². The van der Waals surface area contributed by atoms with E-state index in [9.17, 15) is 4.79 Å². The zero-order valence-corrected chi connectivity index (χ0v) is 11.1. The fraction of sp³-hybridized carbons (Fsp3) is 0.353. The summed E-state index contributed by atoms with van der Waals surface area (Å²) in [6.07, 6.45) is 10.6. The zero-order valence-electron chi connectivity index (χ0n) is 11.1. The van der Waals surface area contributed by atoms with E-state index in [-0.39, 0.29) is 12.3 Å². The fourth-order valence-electron chi connectivity index (χ4n) is 2.54. The van der Waals surface area contributed by atoms with E-state index in [0.717, 1.165) is 25.7 Å². The van der Waals surface area contributed by atoms with Crippen molar-refractivity contribution in [3.8, 4) is 0 Å². The Morgan fingerprint density at radius 1 is 1.32 bits per heavy atom. The maximum atomic E-state index is 10.9. The number of aliphatic carboxylic acids is 1. The second kappa shape index (κ2) is 6.93. The van der Waals surface area contributed by atoms with E-state index in [1.165, 1.54) is 11.1 Å². The van der Waals surface area contributed by atoms with E-state index >= 15 is 0 Å². The van der Waals surface area contributed by atoms with Crippen LogP contribution in [0.2, 0.25) is 0 Å². The van der Waals surface area contributed by atoms with Crippen LogP contribution in [0.5, 0.6) is 0 Å². The van der Waals surface area contributed by atoms with E-state index in [0.29, 0.717) is 0 Å². The molecule has 1 N–H and O–H groups in total. The first-order chi connectivity index (χ1) is 9.25. The molecule has 0 spiro atoms. The molecule has 100 valence electrons. The lowest BCUT2D eigenvalue weighted by molar-refractivity contribution is -0.137. The predicted molar refractivity (Wildman–Crippen MR) is 77.0 cm³/mol. The summed E-state index contributed by atoms with van der Waals surface area (Å²) in [7, 11) is 0. The summed E-state index contributed by atoms with van der Waals surface area (Å²) >= 11 is 0. The second-order valence-electron chi connectivity index (χ2n) is 5.00. The van der Waals surface area contributed by atoms with E-state index in [4.69, 9.17) is 5.11 Å². The van der Waals surface area contributed by atoms with Crippen LogP contribution in [0.1, 0.15) is 31.2 Å². The standard InChI is InChI=1S/C17H20O2/c18-17(19)13-16-11-5-4-10-15(16)12-6-9-14-7-2-1-3-8-14/h1-4,7-8,10,12,16H,5-6,9,11,13H2,(H,18,19)/b15-12+. The van der Waals surface area contributed by atoms with Crippen molar-refractivity contribution in [3.63, 3.8) is 0 Å². The van der Waals surface area contributed by atoms with Crippen LogP contribution in [0, 0.1) is 5.92 Å². The first kappa shape index (κ1) is 13.6. The van der Waals surface area contributed by atoms with Gasteiger partial charge >= 0.3 is 5.97 Å². The highest BCUT2D eigenvalue weighted by Crippen LogP contribution is 2.27. The van der Waals surface area contributed by atoms with Gasteiger partial charge in [-0.15, -0.1) is 0 Å². The van der Waals surface area contributed by atoms with Crippen molar-refractivity contribution < 1.29 is 9.90 Å². The van der Waals surface area contributed by atoms with Gasteiger partial charge in [-0.1, -0.05) is 48.6 Å². The minimum absolute atomic E-state index is 0.193. The Labute approximate surface area is 114 Å². The van der Waals surface area contributed by atoms with E-state index < -0.39 is 5.97 Å². The number of hydrogen-bond acceptors (Lipinski definition) is 1. The van der Waals surface area contributed by atoms with Crippen LogP contribution in [0.15, 0.2) is 54.1 Å². The lowest BCUT2D eigenvalue weighted by Crippen LogP contribution is -2.12. The van der Waals surface area contributed by atoms with E-state index in [1.807, 2.05) is 6.07 Å². The van der Waals surface area contributed by atoms with Crippen molar-refractivity contribution in [2.75, 3.05) is 0 Å². The third kappa shape index (κ3) is 4.40. The fourth-order valence-corrected chi connectivity index (χ4v) is 2.54. The van der Waals surface area contributed by atoms with Crippen LogP contribution in [0.3, 0.4) is 0 Å². The van der Waals surface area contributed by atoms with Gasteiger partial charge in [0, 0.05) is 0 Å². The first-order valence-corrected chi connectivity index (χ1v) is 6.88. The molecular weight excluding hydrogens is 236 g/mol. The lowest BCUT2D eigenvalue weighted by Gasteiger charge is -2.19. The molecule has 0 saturated carbocycles. The summed E-state index contributed by atoms with van der Waals surface area (Å²) in [6, 6.07) is 10.4. The van der Waals surface area contributed by atoms with Crippen molar-refractivity contribution in [3.05, 3.63) is 59.7 Å². The van der Waals surface area contributed by atoms with Crippen LogP contribution in [0.25, 0.3) is 0 Å². The van der Waals surface area contributed by atoms with Crippen molar-refractivity contribution in [1.82, 2.24) is 0 Å². The maximum absolute atomic E-state index is 10.9. The Morgan fingerprint density at radius 2 is 2.11 bits per heavy atom. The summed E-state index contributed by atoms with van der Waals surface area (Å²) in [5.41, 5.74) is 2.53. The van der Waals surface area contributed by atoms with Crippen LogP contribution >= 0.6 is 0 Å². The molecule has 0 saturated heterocycles. The third-order valence-corrected chi connectivity index (χ3v) is 3.54. The molecule has 0 bridgehead atoms. The van der Waals surface area contributed by atoms with Crippen LogP contribution in [-0.4, -0.2) is 11.1 Å². The monoisotopic (exact) mass is 256 g/mol. The summed E-state index contributed by atoms with van der Waals surface area (Å²) in [5, 5.41) is 8.94. The molecule has 0 fully saturated rings. The van der Waals surface area contributed by atoms with E-state index in [2.05, 4.69) is 42.5 Å². The molecule has 0 heterocycles. The minimum atomic E-state index is -0.700. The SMILES string of the molecule is O=C(O)CC1CCC=C/C1=C\CCc1ccccc1. The molecule has 2 nitrogen and oxygen atoms in total. The van der Waals surface area contributed by atoms with Crippen LogP contribution in [0.4, 0.5) is 0 Å². The Bertz CT molecular complexity index is 471. The number of aryl methyl sites for hydroxylation is 1. The van der Waals surface area contributed by atoms with Gasteiger partial charge < -0.3 is 5.11 Å². The third-order valence-electron chi connectivity index (χ3n) is 3.54. The Kier molecular flexibility index (Phi) is 4.96. The summed E-state index contributed by atoms with van der Waals surface area (Å²) in [6.45, 7) is 0. The molecule has 0 radical (unpaired) electrons. The number of carboxylic acids is 1. The Hall–Kier alpha value is -1.83. The summed E-state index contributed by atoms with van der Waals surface area (Å²) in [5.74, 6) is -0.507. The van der Waals surface area contributed by atoms with Gasteiger partial charge in [0.05, 0.1) is 6.42 Å². The van der Waals surface area contributed by atoms with Crippen molar-refractivity contribution in [2.45, 2.75) is 32.1 Å². The normalized spacial score (nSPS) is 20.6. The summed E-state index contributed by atoms with van der Waals surface area (Å²) in [4.78, 5) is 10.9. The number of rotatable bonds is 5. The quantitative estimate of drug-likeness (QED) is 0.865. The van der Waals surface area contributed by atoms with Gasteiger partial charge in [-0.25, -0.2) is 0 Å². The average molecular weight is 256 g/mol. The molecule has 0 aromatic heterocycles.